The van der Waals surface area contributed by atoms with Gasteiger partial charge in [-0.25, -0.2) is 4.98 Å². The smallest absolute Gasteiger partial charge is 0.148 e. The van der Waals surface area contributed by atoms with Crippen molar-refractivity contribution in [2.24, 2.45) is 0 Å². The molecule has 320 valence electrons. The van der Waals surface area contributed by atoms with Crippen LogP contribution in [0.5, 0.6) is 5.75 Å². The van der Waals surface area contributed by atoms with Crippen molar-refractivity contribution in [3.05, 3.63) is 205 Å². The van der Waals surface area contributed by atoms with E-state index >= 15 is 0 Å². The molecule has 3 aromatic heterocycles. The zero-order valence-corrected chi connectivity index (χ0v) is 39.1. The fourth-order valence-corrected chi connectivity index (χ4v) is 9.34. The van der Waals surface area contributed by atoms with E-state index in [4.69, 9.17) is 14.4 Å². The third-order valence-electron chi connectivity index (χ3n) is 12.9. The molecule has 0 fully saturated rings. The van der Waals surface area contributed by atoms with Crippen LogP contribution in [0.4, 0.5) is 0 Å². The number of imidazole rings is 1. The Morgan fingerprint density at radius 2 is 1.29 bits per heavy atom. The molecule has 0 saturated carbocycles. The third-order valence-corrected chi connectivity index (χ3v) is 12.9. The van der Waals surface area contributed by atoms with Gasteiger partial charge in [-0.2, -0.15) is 0 Å². The van der Waals surface area contributed by atoms with Crippen molar-refractivity contribution in [2.75, 3.05) is 0 Å². The van der Waals surface area contributed by atoms with E-state index in [0.717, 1.165) is 88.5 Å². The Morgan fingerprint density at radius 3 is 2.08 bits per heavy atom. The maximum absolute atomic E-state index is 11.5. The average Bonchev–Trinajstić information content (AvgIpc) is 3.91. The first-order valence-corrected chi connectivity index (χ1v) is 21.9. The molecule has 1 N–H and O–H groups in total. The number of para-hydroxylation sites is 2. The number of hydrogen-bond acceptors (Lipinski definition) is 4. The Morgan fingerprint density at radius 1 is 0.585 bits per heavy atom. The number of furan rings is 1. The minimum absolute atomic E-state index is 0. The van der Waals surface area contributed by atoms with Crippen LogP contribution in [0.3, 0.4) is 0 Å². The van der Waals surface area contributed by atoms with Crippen LogP contribution in [0.15, 0.2) is 187 Å². The number of phenolic OH excluding ortho intramolecular Hbond substituents is 1. The Balaban J connectivity index is 0.00000498. The molecule has 0 spiro atoms. The van der Waals surface area contributed by atoms with Crippen LogP contribution in [0.2, 0.25) is 0 Å². The van der Waals surface area contributed by atoms with E-state index in [1.54, 1.807) is 6.07 Å². The number of pyridine rings is 1. The fourth-order valence-electron chi connectivity index (χ4n) is 9.34. The van der Waals surface area contributed by atoms with Gasteiger partial charge in [0.05, 0.1) is 22.3 Å². The van der Waals surface area contributed by atoms with E-state index in [1.807, 2.05) is 30.5 Å². The molecule has 0 atom stereocenters. The second-order valence-corrected chi connectivity index (χ2v) is 18.3. The number of rotatable bonds is 7. The molecule has 11 aromatic rings. The van der Waals surface area contributed by atoms with Gasteiger partial charge in [-0.05, 0) is 75.3 Å². The van der Waals surface area contributed by atoms with Crippen molar-refractivity contribution < 1.29 is 30.6 Å². The van der Waals surface area contributed by atoms with E-state index in [1.165, 1.54) is 11.1 Å². The van der Waals surface area contributed by atoms with Crippen LogP contribution < -0.4 is 0 Å². The van der Waals surface area contributed by atoms with Gasteiger partial charge in [-0.1, -0.05) is 167 Å². The Labute approximate surface area is 393 Å². The second kappa shape index (κ2) is 16.2. The molecule has 0 amide bonds. The first-order valence-electron chi connectivity index (χ1n) is 21.9. The van der Waals surface area contributed by atoms with E-state index in [2.05, 4.69) is 191 Å². The standard InChI is InChI=1S/C59H46N3O2.Pt/c1-58(2,3)42-28-29-49(48(36-42)37-17-8-6-9-18-37)62-50-25-16-24-45(55(50)61-57(62)46-23-14-15-26-51(46)63)39-33-40(35-43(34-39)59(4,5)41-20-10-7-11-21-41)54-56-47(31-32-60-54)53-44-22-13-12-19-38(44)27-30-52(53)64-56;/h6-32,34-36,63H,1-5H3;/q-1;. The molecule has 0 unspecified atom stereocenters. The van der Waals surface area contributed by atoms with Gasteiger partial charge in [0.25, 0.3) is 0 Å². The maximum atomic E-state index is 11.5. The van der Waals surface area contributed by atoms with Crippen molar-refractivity contribution in [1.82, 2.24) is 14.5 Å². The topological polar surface area (TPSA) is 64.1 Å². The molecule has 5 nitrogen and oxygen atoms in total. The molecule has 65 heavy (non-hydrogen) atoms. The van der Waals surface area contributed by atoms with Gasteiger partial charge in [0.15, 0.2) is 0 Å². The minimum atomic E-state index is -0.397. The quantitative estimate of drug-likeness (QED) is 0.162. The van der Waals surface area contributed by atoms with Crippen LogP contribution in [-0.2, 0) is 31.9 Å². The summed E-state index contributed by atoms with van der Waals surface area (Å²) in [4.78, 5) is 10.6. The molecule has 0 saturated heterocycles. The van der Waals surface area contributed by atoms with Crippen LogP contribution in [0.1, 0.15) is 51.3 Å². The molecule has 0 aliphatic carbocycles. The van der Waals surface area contributed by atoms with Gasteiger partial charge in [0.1, 0.15) is 22.7 Å². The van der Waals surface area contributed by atoms with E-state index in [9.17, 15) is 5.11 Å². The van der Waals surface area contributed by atoms with Gasteiger partial charge in [0.2, 0.25) is 0 Å². The summed E-state index contributed by atoms with van der Waals surface area (Å²) in [6.07, 6.45) is 1.88. The molecule has 11 rings (SSSR count). The van der Waals surface area contributed by atoms with Gasteiger partial charge in [0, 0.05) is 54.7 Å². The predicted octanol–water partition coefficient (Wildman–Crippen LogP) is 15.3. The van der Waals surface area contributed by atoms with Gasteiger partial charge >= 0.3 is 0 Å². The fraction of sp³-hybridized carbons (Fsp3) is 0.119. The Hall–Kier alpha value is -7.07. The zero-order valence-electron chi connectivity index (χ0n) is 36.8. The normalized spacial score (nSPS) is 12.0. The molecule has 8 aromatic carbocycles. The summed E-state index contributed by atoms with van der Waals surface area (Å²) in [5.74, 6) is 0.801. The van der Waals surface area contributed by atoms with Crippen LogP contribution in [0, 0.1) is 6.07 Å². The number of aromatic nitrogens is 3. The van der Waals surface area contributed by atoms with Crippen molar-refractivity contribution in [3.63, 3.8) is 0 Å². The van der Waals surface area contributed by atoms with E-state index in [0.29, 0.717) is 11.4 Å². The van der Waals surface area contributed by atoms with E-state index in [-0.39, 0.29) is 32.2 Å². The predicted molar refractivity (Wildman–Crippen MR) is 263 cm³/mol. The summed E-state index contributed by atoms with van der Waals surface area (Å²) in [7, 11) is 0. The van der Waals surface area contributed by atoms with Crippen molar-refractivity contribution in [3.8, 4) is 56.3 Å². The van der Waals surface area contributed by atoms with Crippen molar-refractivity contribution in [2.45, 2.75) is 45.4 Å². The second-order valence-electron chi connectivity index (χ2n) is 18.3. The van der Waals surface area contributed by atoms with Crippen molar-refractivity contribution >= 4 is 43.7 Å². The Bertz CT molecular complexity index is 3580. The summed E-state index contributed by atoms with van der Waals surface area (Å²) in [6, 6.07) is 64.7. The molecule has 6 heteroatoms. The number of fused-ring (bicyclic) bond motifs is 6. The summed E-state index contributed by atoms with van der Waals surface area (Å²) in [5.41, 5.74) is 13.4. The van der Waals surface area contributed by atoms with Crippen LogP contribution in [0.25, 0.3) is 94.3 Å². The monoisotopic (exact) mass is 1020 g/mol. The number of nitrogens with zero attached hydrogens (tertiary/aromatic N) is 3. The van der Waals surface area contributed by atoms with Gasteiger partial charge in [-0.15, -0.1) is 29.3 Å². The van der Waals surface area contributed by atoms with Crippen molar-refractivity contribution in [1.29, 1.82) is 0 Å². The molecule has 3 heterocycles. The number of aromatic hydroxyl groups is 1. The van der Waals surface area contributed by atoms with Crippen LogP contribution >= 0.6 is 0 Å². The summed E-state index contributed by atoms with van der Waals surface area (Å²) >= 11 is 0. The molecule has 0 aliphatic rings. The van der Waals surface area contributed by atoms with Crippen LogP contribution in [-0.4, -0.2) is 19.6 Å². The average molecular weight is 1020 g/mol. The molecule has 0 aliphatic heterocycles. The largest absolute Gasteiger partial charge is 0.507 e. The minimum Gasteiger partial charge on any atom is -0.507 e. The van der Waals surface area contributed by atoms with Gasteiger partial charge in [-0.3, -0.25) is 9.55 Å². The summed E-state index contributed by atoms with van der Waals surface area (Å²) < 4.78 is 8.97. The first kappa shape index (κ1) is 41.9. The molecule has 0 radical (unpaired) electrons. The zero-order chi connectivity index (χ0) is 43.7. The first-order chi connectivity index (χ1) is 31.0. The van der Waals surface area contributed by atoms with Gasteiger partial charge < -0.3 is 9.52 Å². The van der Waals surface area contributed by atoms with E-state index < -0.39 is 5.41 Å². The SMILES string of the molecule is CC(C)(C)c1ccc(-n2c(-c3ccccc3O)nc3c(-c4[c-]c(-c5nccc6c5oc5ccc7ccccc7c56)cc(C(C)(C)c5ccccc5)c4)cccc32)c(-c2ccccc2)c1.[Pt]. The Kier molecular flexibility index (Phi) is 10.4. The number of phenols is 1. The molecular formula is C59H46N3O2Pt-. The third kappa shape index (κ3) is 7.16. The molecule has 0 bridgehead atoms. The maximum Gasteiger partial charge on any atom is 0.148 e. The summed E-state index contributed by atoms with van der Waals surface area (Å²) in [6.45, 7) is 11.3. The number of benzene rings is 8. The number of hydrogen-bond donors (Lipinski definition) is 1. The summed E-state index contributed by atoms with van der Waals surface area (Å²) in [5, 5.41) is 15.9. The molecular weight excluding hydrogens is 978 g/mol.